The number of nitrogen functional groups attached to an aromatic ring is 1. The maximum atomic E-state index is 5.83. The summed E-state index contributed by atoms with van der Waals surface area (Å²) in [6.07, 6.45) is 2.01. The van der Waals surface area contributed by atoms with Gasteiger partial charge in [0.05, 0.1) is 11.2 Å². The summed E-state index contributed by atoms with van der Waals surface area (Å²) in [6.45, 7) is 0. The SMILES string of the molecule is Cn1cc(Br)c2cccc(N)c21. The number of hydrogen-bond acceptors (Lipinski definition) is 1. The van der Waals surface area contributed by atoms with E-state index < -0.39 is 0 Å². The smallest absolute Gasteiger partial charge is 0.0723 e. The van der Waals surface area contributed by atoms with Gasteiger partial charge in [0.25, 0.3) is 0 Å². The lowest BCUT2D eigenvalue weighted by Crippen LogP contribution is -1.91. The Morgan fingerprint density at radius 1 is 1.42 bits per heavy atom. The molecule has 0 bridgehead atoms. The second-order valence-corrected chi connectivity index (χ2v) is 3.69. The zero-order valence-corrected chi connectivity index (χ0v) is 8.30. The third-order valence-corrected chi connectivity index (χ3v) is 2.62. The first-order chi connectivity index (χ1) is 5.70. The average molecular weight is 225 g/mol. The van der Waals surface area contributed by atoms with Gasteiger partial charge in [0.2, 0.25) is 0 Å². The van der Waals surface area contributed by atoms with Crippen molar-refractivity contribution >= 4 is 32.5 Å². The highest BCUT2D eigenvalue weighted by Crippen LogP contribution is 2.28. The molecule has 3 heteroatoms. The maximum Gasteiger partial charge on any atom is 0.0723 e. The second-order valence-electron chi connectivity index (χ2n) is 2.83. The Morgan fingerprint density at radius 3 is 2.83 bits per heavy atom. The van der Waals surface area contributed by atoms with Crippen LogP contribution in [-0.4, -0.2) is 4.57 Å². The van der Waals surface area contributed by atoms with E-state index in [0.717, 1.165) is 21.1 Å². The van der Waals surface area contributed by atoms with Crippen molar-refractivity contribution < 1.29 is 0 Å². The molecule has 2 nitrogen and oxygen atoms in total. The van der Waals surface area contributed by atoms with E-state index in [1.165, 1.54) is 0 Å². The summed E-state index contributed by atoms with van der Waals surface area (Å²) in [4.78, 5) is 0. The third-order valence-electron chi connectivity index (χ3n) is 1.98. The molecule has 12 heavy (non-hydrogen) atoms. The highest BCUT2D eigenvalue weighted by molar-refractivity contribution is 9.10. The molecular formula is C9H9BrN2. The standard InChI is InChI=1S/C9H9BrN2/c1-12-5-7(10)6-3-2-4-8(11)9(6)12/h2-5H,11H2,1H3. The van der Waals surface area contributed by atoms with Crippen molar-refractivity contribution in [1.82, 2.24) is 4.57 Å². The fourth-order valence-electron chi connectivity index (χ4n) is 1.45. The minimum Gasteiger partial charge on any atom is -0.397 e. The molecule has 1 aromatic heterocycles. The Kier molecular flexibility index (Phi) is 1.61. The lowest BCUT2D eigenvalue weighted by Gasteiger charge is -1.98. The lowest BCUT2D eigenvalue weighted by molar-refractivity contribution is 0.968. The first-order valence-electron chi connectivity index (χ1n) is 3.69. The van der Waals surface area contributed by atoms with Crippen LogP contribution in [0, 0.1) is 0 Å². The number of benzene rings is 1. The predicted molar refractivity (Wildman–Crippen MR) is 55.0 cm³/mol. The van der Waals surface area contributed by atoms with Gasteiger partial charge >= 0.3 is 0 Å². The van der Waals surface area contributed by atoms with Crippen LogP contribution in [0.15, 0.2) is 28.9 Å². The van der Waals surface area contributed by atoms with E-state index >= 15 is 0 Å². The Balaban J connectivity index is 2.99. The van der Waals surface area contributed by atoms with E-state index in [0.29, 0.717) is 0 Å². The van der Waals surface area contributed by atoms with Crippen LogP contribution in [0.25, 0.3) is 10.9 Å². The summed E-state index contributed by atoms with van der Waals surface area (Å²) in [6, 6.07) is 5.92. The van der Waals surface area contributed by atoms with E-state index in [9.17, 15) is 0 Å². The molecule has 0 saturated carbocycles. The van der Waals surface area contributed by atoms with E-state index in [4.69, 9.17) is 5.73 Å². The van der Waals surface area contributed by atoms with Crippen molar-refractivity contribution in [2.45, 2.75) is 0 Å². The largest absolute Gasteiger partial charge is 0.397 e. The molecule has 0 atom stereocenters. The molecule has 0 aliphatic heterocycles. The van der Waals surface area contributed by atoms with Crippen molar-refractivity contribution in [3.63, 3.8) is 0 Å². The van der Waals surface area contributed by atoms with Gasteiger partial charge < -0.3 is 10.3 Å². The Labute approximate surface area is 79.1 Å². The normalized spacial score (nSPS) is 10.8. The molecule has 0 aliphatic rings. The number of aryl methyl sites for hydroxylation is 1. The zero-order valence-electron chi connectivity index (χ0n) is 6.71. The fourth-order valence-corrected chi connectivity index (χ4v) is 2.08. The molecule has 0 unspecified atom stereocenters. The molecule has 0 fully saturated rings. The van der Waals surface area contributed by atoms with Crippen LogP contribution in [0.4, 0.5) is 5.69 Å². The molecule has 0 spiro atoms. The monoisotopic (exact) mass is 224 g/mol. The molecule has 62 valence electrons. The van der Waals surface area contributed by atoms with Crippen molar-refractivity contribution in [2.24, 2.45) is 7.05 Å². The molecule has 1 aromatic carbocycles. The number of fused-ring (bicyclic) bond motifs is 1. The summed E-state index contributed by atoms with van der Waals surface area (Å²) < 4.78 is 3.11. The summed E-state index contributed by atoms with van der Waals surface area (Å²) in [5.41, 5.74) is 7.74. The molecule has 0 amide bonds. The zero-order chi connectivity index (χ0) is 8.72. The van der Waals surface area contributed by atoms with Crippen LogP contribution >= 0.6 is 15.9 Å². The van der Waals surface area contributed by atoms with Gasteiger partial charge in [-0.25, -0.2) is 0 Å². The van der Waals surface area contributed by atoms with E-state index in [-0.39, 0.29) is 0 Å². The summed E-state index contributed by atoms with van der Waals surface area (Å²) in [7, 11) is 1.99. The van der Waals surface area contributed by atoms with Gasteiger partial charge in [-0.1, -0.05) is 12.1 Å². The van der Waals surface area contributed by atoms with E-state index in [1.54, 1.807) is 0 Å². The number of hydrogen-bond donors (Lipinski definition) is 1. The van der Waals surface area contributed by atoms with Gasteiger partial charge in [-0.2, -0.15) is 0 Å². The summed E-state index contributed by atoms with van der Waals surface area (Å²) >= 11 is 3.48. The topological polar surface area (TPSA) is 30.9 Å². The summed E-state index contributed by atoms with van der Waals surface area (Å²) in [5.74, 6) is 0. The summed E-state index contributed by atoms with van der Waals surface area (Å²) in [5, 5.41) is 1.16. The molecule has 2 N–H and O–H groups in total. The van der Waals surface area contributed by atoms with Crippen LogP contribution in [-0.2, 0) is 7.05 Å². The molecule has 2 aromatic rings. The number of rotatable bonds is 0. The number of nitrogens with zero attached hydrogens (tertiary/aromatic N) is 1. The Morgan fingerprint density at radius 2 is 2.17 bits per heavy atom. The average Bonchev–Trinajstić information content (AvgIpc) is 2.29. The third kappa shape index (κ3) is 0.932. The Hall–Kier alpha value is -0.960. The van der Waals surface area contributed by atoms with Gasteiger partial charge in [0.1, 0.15) is 0 Å². The fraction of sp³-hybridized carbons (Fsp3) is 0.111. The molecule has 0 radical (unpaired) electrons. The van der Waals surface area contributed by atoms with Gasteiger partial charge in [0.15, 0.2) is 0 Å². The van der Waals surface area contributed by atoms with Crippen molar-refractivity contribution in [1.29, 1.82) is 0 Å². The minimum absolute atomic E-state index is 0.820. The first-order valence-corrected chi connectivity index (χ1v) is 4.48. The maximum absolute atomic E-state index is 5.83. The van der Waals surface area contributed by atoms with E-state index in [1.807, 2.05) is 29.9 Å². The van der Waals surface area contributed by atoms with Gasteiger partial charge in [-0.15, -0.1) is 0 Å². The number of nitrogens with two attached hydrogens (primary N) is 1. The van der Waals surface area contributed by atoms with E-state index in [2.05, 4.69) is 22.0 Å². The molecule has 0 saturated heterocycles. The highest BCUT2D eigenvalue weighted by atomic mass is 79.9. The van der Waals surface area contributed by atoms with Crippen LogP contribution in [0.3, 0.4) is 0 Å². The molecular weight excluding hydrogens is 216 g/mol. The highest BCUT2D eigenvalue weighted by Gasteiger charge is 2.05. The van der Waals surface area contributed by atoms with Crippen molar-refractivity contribution in [2.75, 3.05) is 5.73 Å². The number of anilines is 1. The van der Waals surface area contributed by atoms with Crippen molar-refractivity contribution in [3.8, 4) is 0 Å². The van der Waals surface area contributed by atoms with Crippen LogP contribution in [0.5, 0.6) is 0 Å². The van der Waals surface area contributed by atoms with Crippen molar-refractivity contribution in [3.05, 3.63) is 28.9 Å². The molecule has 2 rings (SSSR count). The second kappa shape index (κ2) is 2.52. The minimum atomic E-state index is 0.820. The number of aromatic nitrogens is 1. The quantitative estimate of drug-likeness (QED) is 0.686. The Bertz CT molecular complexity index is 431. The first kappa shape index (κ1) is 7.68. The number of para-hydroxylation sites is 1. The molecule has 1 heterocycles. The van der Waals surface area contributed by atoms with Gasteiger partial charge in [-0.3, -0.25) is 0 Å². The predicted octanol–water partition coefficient (Wildman–Crippen LogP) is 2.52. The molecule has 0 aliphatic carbocycles. The lowest BCUT2D eigenvalue weighted by atomic mass is 10.2. The van der Waals surface area contributed by atoms with Crippen LogP contribution in [0.2, 0.25) is 0 Å². The number of halogens is 1. The van der Waals surface area contributed by atoms with Crippen LogP contribution in [0.1, 0.15) is 0 Å². The van der Waals surface area contributed by atoms with Crippen LogP contribution < -0.4 is 5.73 Å². The van der Waals surface area contributed by atoms with Gasteiger partial charge in [0, 0.05) is 23.1 Å². The van der Waals surface area contributed by atoms with Gasteiger partial charge in [-0.05, 0) is 22.0 Å².